The maximum Gasteiger partial charge on any atom is 0.276 e. The minimum atomic E-state index is 0.279. The zero-order valence-electron chi connectivity index (χ0n) is 11.0. The molecular formula is C13H16N2O3S. The monoisotopic (exact) mass is 280 g/mol. The van der Waals surface area contributed by atoms with Crippen LogP contribution in [0.2, 0.25) is 0 Å². The van der Waals surface area contributed by atoms with Gasteiger partial charge in [-0.2, -0.15) is 0 Å². The highest BCUT2D eigenvalue weighted by atomic mass is 32.2. The zero-order chi connectivity index (χ0) is 13.5. The van der Waals surface area contributed by atoms with Crippen molar-refractivity contribution in [2.45, 2.75) is 18.8 Å². The van der Waals surface area contributed by atoms with Gasteiger partial charge in [0.15, 0.2) is 6.61 Å². The number of thioether (sulfide) groups is 1. The summed E-state index contributed by atoms with van der Waals surface area (Å²) in [6, 6.07) is 7.82. The van der Waals surface area contributed by atoms with Crippen LogP contribution in [0.15, 0.2) is 33.9 Å². The van der Waals surface area contributed by atoms with Gasteiger partial charge in [0.05, 0.1) is 6.61 Å². The molecule has 6 heteroatoms. The van der Waals surface area contributed by atoms with Crippen molar-refractivity contribution in [3.8, 4) is 5.75 Å². The molecule has 19 heavy (non-hydrogen) atoms. The van der Waals surface area contributed by atoms with E-state index in [1.165, 1.54) is 17.3 Å². The van der Waals surface area contributed by atoms with Crippen molar-refractivity contribution < 1.29 is 13.9 Å². The normalized spacial score (nSPS) is 10.6. The first-order valence-corrected chi connectivity index (χ1v) is 6.90. The molecule has 0 spiro atoms. The highest BCUT2D eigenvalue weighted by Crippen LogP contribution is 2.17. The molecule has 0 saturated carbocycles. The third kappa shape index (κ3) is 4.57. The molecule has 0 unspecified atom stereocenters. The first-order chi connectivity index (χ1) is 9.28. The Labute approximate surface area is 116 Å². The molecule has 0 aliphatic carbocycles. The van der Waals surface area contributed by atoms with Gasteiger partial charge < -0.3 is 13.9 Å². The molecule has 0 radical (unpaired) electrons. The second-order valence-corrected chi connectivity index (χ2v) is 4.95. The molecule has 1 aromatic heterocycles. The van der Waals surface area contributed by atoms with Crippen LogP contribution in [0.25, 0.3) is 0 Å². The van der Waals surface area contributed by atoms with Crippen molar-refractivity contribution in [3.05, 3.63) is 35.7 Å². The van der Waals surface area contributed by atoms with Crippen LogP contribution in [-0.2, 0) is 11.3 Å². The fourth-order valence-electron chi connectivity index (χ4n) is 1.35. The van der Waals surface area contributed by atoms with E-state index < -0.39 is 0 Å². The Kier molecular flexibility index (Phi) is 5.23. The summed E-state index contributed by atoms with van der Waals surface area (Å²) in [7, 11) is 1.66. The molecule has 0 aliphatic heterocycles. The van der Waals surface area contributed by atoms with Crippen LogP contribution in [0.5, 0.6) is 5.75 Å². The molecule has 1 heterocycles. The fraction of sp³-hybridized carbons (Fsp3) is 0.385. The molecule has 5 nitrogen and oxygen atoms in total. The quantitative estimate of drug-likeness (QED) is 0.574. The van der Waals surface area contributed by atoms with Crippen molar-refractivity contribution >= 4 is 11.8 Å². The number of ether oxygens (including phenoxy) is 2. The van der Waals surface area contributed by atoms with E-state index in [0.717, 1.165) is 11.5 Å². The molecule has 0 atom stereocenters. The van der Waals surface area contributed by atoms with E-state index >= 15 is 0 Å². The predicted molar refractivity (Wildman–Crippen MR) is 72.4 cm³/mol. The third-order valence-corrected chi connectivity index (χ3v) is 3.13. The number of aryl methyl sites for hydroxylation is 1. The van der Waals surface area contributed by atoms with E-state index in [2.05, 4.69) is 10.2 Å². The Morgan fingerprint density at radius 2 is 2.00 bits per heavy atom. The Hall–Kier alpha value is -1.53. The van der Waals surface area contributed by atoms with Gasteiger partial charge >= 0.3 is 0 Å². The molecule has 0 saturated heterocycles. The summed E-state index contributed by atoms with van der Waals surface area (Å²) in [5.74, 6) is 2.05. The molecule has 2 aromatic rings. The summed E-state index contributed by atoms with van der Waals surface area (Å²) in [6.07, 6.45) is 0. The molecule has 2 rings (SSSR count). The Morgan fingerprint density at radius 3 is 2.74 bits per heavy atom. The van der Waals surface area contributed by atoms with Crippen molar-refractivity contribution in [1.29, 1.82) is 0 Å². The van der Waals surface area contributed by atoms with Crippen LogP contribution in [0.3, 0.4) is 0 Å². The lowest BCUT2D eigenvalue weighted by molar-refractivity contribution is 0.218. The summed E-state index contributed by atoms with van der Waals surface area (Å²) >= 11 is 1.47. The van der Waals surface area contributed by atoms with E-state index in [4.69, 9.17) is 13.9 Å². The third-order valence-electron chi connectivity index (χ3n) is 2.34. The van der Waals surface area contributed by atoms with Gasteiger partial charge in [-0.3, -0.25) is 0 Å². The average Bonchev–Trinajstić information content (AvgIpc) is 2.86. The lowest BCUT2D eigenvalue weighted by atomic mass is 10.2. The second kappa shape index (κ2) is 7.16. The number of nitrogens with zero attached hydrogens (tertiary/aromatic N) is 2. The summed E-state index contributed by atoms with van der Waals surface area (Å²) in [5, 5.41) is 8.39. The largest absolute Gasteiger partial charge is 0.484 e. The van der Waals surface area contributed by atoms with E-state index in [0.29, 0.717) is 17.7 Å². The molecular weight excluding hydrogens is 264 g/mol. The van der Waals surface area contributed by atoms with E-state index in [1.807, 2.05) is 31.2 Å². The van der Waals surface area contributed by atoms with E-state index in [9.17, 15) is 0 Å². The maximum atomic E-state index is 5.56. The highest BCUT2D eigenvalue weighted by Gasteiger charge is 2.07. The number of benzene rings is 1. The van der Waals surface area contributed by atoms with Crippen molar-refractivity contribution in [3.63, 3.8) is 0 Å². The van der Waals surface area contributed by atoms with Crippen LogP contribution in [-0.4, -0.2) is 29.7 Å². The highest BCUT2D eigenvalue weighted by molar-refractivity contribution is 7.99. The van der Waals surface area contributed by atoms with Crippen LogP contribution >= 0.6 is 11.8 Å². The molecule has 0 fully saturated rings. The lowest BCUT2D eigenvalue weighted by Gasteiger charge is -2.02. The zero-order valence-corrected chi connectivity index (χ0v) is 11.8. The first kappa shape index (κ1) is 13.9. The Balaban J connectivity index is 1.81. The Morgan fingerprint density at radius 1 is 1.21 bits per heavy atom. The summed E-state index contributed by atoms with van der Waals surface area (Å²) in [6.45, 7) is 2.97. The molecule has 1 aromatic carbocycles. The smallest absolute Gasteiger partial charge is 0.276 e. The Bertz CT molecular complexity index is 499. The predicted octanol–water partition coefficient (Wildman–Crippen LogP) is 2.70. The fourth-order valence-corrected chi connectivity index (χ4v) is 2.03. The van der Waals surface area contributed by atoms with Gasteiger partial charge in [-0.05, 0) is 19.1 Å². The molecule has 102 valence electrons. The van der Waals surface area contributed by atoms with Gasteiger partial charge in [0.2, 0.25) is 0 Å². The number of aromatic nitrogens is 2. The summed E-state index contributed by atoms with van der Waals surface area (Å²) in [4.78, 5) is 0. The van der Waals surface area contributed by atoms with Gasteiger partial charge in [0.25, 0.3) is 11.1 Å². The van der Waals surface area contributed by atoms with Crippen LogP contribution in [0.4, 0.5) is 0 Å². The van der Waals surface area contributed by atoms with Crippen molar-refractivity contribution in [2.24, 2.45) is 0 Å². The number of methoxy groups -OCH3 is 1. The first-order valence-electron chi connectivity index (χ1n) is 5.91. The minimum absolute atomic E-state index is 0.279. The summed E-state index contributed by atoms with van der Waals surface area (Å²) < 4.78 is 15.9. The molecule has 0 amide bonds. The van der Waals surface area contributed by atoms with Crippen LogP contribution < -0.4 is 4.74 Å². The number of hydrogen-bond donors (Lipinski definition) is 0. The van der Waals surface area contributed by atoms with Crippen molar-refractivity contribution in [1.82, 2.24) is 10.2 Å². The minimum Gasteiger partial charge on any atom is -0.484 e. The SMILES string of the molecule is COCCSc1nnc(COc2ccc(C)cc2)o1. The van der Waals surface area contributed by atoms with Crippen molar-refractivity contribution in [2.75, 3.05) is 19.5 Å². The van der Waals surface area contributed by atoms with Crippen LogP contribution in [0.1, 0.15) is 11.5 Å². The van der Waals surface area contributed by atoms with Gasteiger partial charge in [0, 0.05) is 12.9 Å². The topological polar surface area (TPSA) is 57.4 Å². The number of hydrogen-bond acceptors (Lipinski definition) is 6. The van der Waals surface area contributed by atoms with E-state index in [-0.39, 0.29) is 6.61 Å². The standard InChI is InChI=1S/C13H16N2O3S/c1-10-3-5-11(6-4-10)17-9-12-14-15-13(18-12)19-8-7-16-2/h3-6H,7-9H2,1-2H3. The van der Waals surface area contributed by atoms with Gasteiger partial charge in [0.1, 0.15) is 5.75 Å². The average molecular weight is 280 g/mol. The maximum absolute atomic E-state index is 5.56. The van der Waals surface area contributed by atoms with Gasteiger partial charge in [-0.25, -0.2) is 0 Å². The molecule has 0 bridgehead atoms. The molecule has 0 aliphatic rings. The second-order valence-electron chi connectivity index (χ2n) is 3.90. The molecule has 0 N–H and O–H groups in total. The lowest BCUT2D eigenvalue weighted by Crippen LogP contribution is -1.95. The number of rotatable bonds is 7. The van der Waals surface area contributed by atoms with E-state index in [1.54, 1.807) is 7.11 Å². The van der Waals surface area contributed by atoms with Gasteiger partial charge in [-0.15, -0.1) is 10.2 Å². The van der Waals surface area contributed by atoms with Crippen LogP contribution in [0, 0.1) is 6.92 Å². The summed E-state index contributed by atoms with van der Waals surface area (Å²) in [5.41, 5.74) is 1.20. The van der Waals surface area contributed by atoms with Gasteiger partial charge in [-0.1, -0.05) is 29.5 Å².